The fourth-order valence-electron chi connectivity index (χ4n) is 1.62. The highest BCUT2D eigenvalue weighted by Crippen LogP contribution is 2.25. The summed E-state index contributed by atoms with van der Waals surface area (Å²) in [5, 5.41) is 3.42. The lowest BCUT2D eigenvalue weighted by Gasteiger charge is -2.18. The molecule has 1 aromatic rings. The number of nitrogens with one attached hydrogen (secondary N) is 1. The van der Waals surface area contributed by atoms with E-state index in [1.807, 2.05) is 38.1 Å². The first-order valence-electron chi connectivity index (χ1n) is 6.37. The van der Waals surface area contributed by atoms with E-state index in [1.165, 1.54) is 0 Å². The zero-order chi connectivity index (χ0) is 12.7. The fourth-order valence-corrected chi connectivity index (χ4v) is 1.62. The zero-order valence-electron chi connectivity index (χ0n) is 11.1. The van der Waals surface area contributed by atoms with Gasteiger partial charge in [-0.05, 0) is 38.4 Å². The minimum Gasteiger partial charge on any atom is -0.489 e. The van der Waals surface area contributed by atoms with Crippen molar-refractivity contribution in [1.29, 1.82) is 0 Å². The molecule has 1 unspecified atom stereocenters. The number of para-hydroxylation sites is 2. The molecule has 0 amide bonds. The average molecular weight is 236 g/mol. The van der Waals surface area contributed by atoms with Crippen LogP contribution in [0.25, 0.3) is 0 Å². The van der Waals surface area contributed by atoms with Crippen LogP contribution in [-0.2, 0) is 0 Å². The summed E-state index contributed by atoms with van der Waals surface area (Å²) in [7, 11) is 0. The second kappa shape index (κ2) is 7.17. The maximum Gasteiger partial charge on any atom is 0.142 e. The molecule has 0 aliphatic carbocycles. The van der Waals surface area contributed by atoms with Crippen molar-refractivity contribution in [1.82, 2.24) is 0 Å². The monoisotopic (exact) mass is 236 g/mol. The SMILES string of the molecule is CCC(CN)CNc1ccccc1OC(C)C. The molecule has 3 nitrogen and oxygen atoms in total. The first-order valence-corrected chi connectivity index (χ1v) is 6.37. The summed E-state index contributed by atoms with van der Waals surface area (Å²) >= 11 is 0. The van der Waals surface area contributed by atoms with E-state index >= 15 is 0 Å². The maximum absolute atomic E-state index is 5.75. The standard InChI is InChI=1S/C14H24N2O/c1-4-12(9-15)10-16-13-7-5-6-8-14(13)17-11(2)3/h5-8,11-12,16H,4,9-10,15H2,1-3H3. The molecule has 0 aromatic heterocycles. The molecule has 3 heteroatoms. The van der Waals surface area contributed by atoms with Crippen LogP contribution in [0.1, 0.15) is 27.2 Å². The molecule has 0 fully saturated rings. The van der Waals surface area contributed by atoms with E-state index in [4.69, 9.17) is 10.5 Å². The van der Waals surface area contributed by atoms with Gasteiger partial charge in [0.2, 0.25) is 0 Å². The average Bonchev–Trinajstić information content (AvgIpc) is 2.31. The molecule has 1 rings (SSSR count). The fraction of sp³-hybridized carbons (Fsp3) is 0.571. The van der Waals surface area contributed by atoms with Crippen LogP contribution >= 0.6 is 0 Å². The molecule has 0 heterocycles. The Morgan fingerprint density at radius 3 is 2.59 bits per heavy atom. The topological polar surface area (TPSA) is 47.3 Å². The van der Waals surface area contributed by atoms with Crippen molar-refractivity contribution >= 4 is 5.69 Å². The van der Waals surface area contributed by atoms with Crippen molar-refractivity contribution in [3.8, 4) is 5.75 Å². The van der Waals surface area contributed by atoms with Gasteiger partial charge in [-0.15, -0.1) is 0 Å². The number of benzene rings is 1. The van der Waals surface area contributed by atoms with Crippen molar-refractivity contribution < 1.29 is 4.74 Å². The second-order valence-electron chi connectivity index (χ2n) is 4.55. The van der Waals surface area contributed by atoms with Gasteiger partial charge >= 0.3 is 0 Å². The van der Waals surface area contributed by atoms with Gasteiger partial charge in [0.15, 0.2) is 0 Å². The van der Waals surface area contributed by atoms with E-state index in [1.54, 1.807) is 0 Å². The van der Waals surface area contributed by atoms with Gasteiger partial charge in [0.05, 0.1) is 11.8 Å². The Morgan fingerprint density at radius 1 is 1.29 bits per heavy atom. The van der Waals surface area contributed by atoms with Crippen molar-refractivity contribution in [2.24, 2.45) is 11.7 Å². The van der Waals surface area contributed by atoms with Gasteiger partial charge in [0, 0.05) is 6.54 Å². The normalized spacial score (nSPS) is 12.5. The smallest absolute Gasteiger partial charge is 0.142 e. The molecule has 17 heavy (non-hydrogen) atoms. The molecule has 3 N–H and O–H groups in total. The predicted molar refractivity (Wildman–Crippen MR) is 73.5 cm³/mol. The predicted octanol–water partition coefficient (Wildman–Crippen LogP) is 2.87. The molecule has 0 bridgehead atoms. The minimum absolute atomic E-state index is 0.189. The van der Waals surface area contributed by atoms with Crippen LogP contribution in [-0.4, -0.2) is 19.2 Å². The quantitative estimate of drug-likeness (QED) is 0.765. The number of anilines is 1. The van der Waals surface area contributed by atoms with Gasteiger partial charge in [-0.2, -0.15) is 0 Å². The summed E-state index contributed by atoms with van der Waals surface area (Å²) in [6, 6.07) is 8.04. The van der Waals surface area contributed by atoms with Gasteiger partial charge in [-0.1, -0.05) is 25.5 Å². The largest absolute Gasteiger partial charge is 0.489 e. The van der Waals surface area contributed by atoms with Crippen molar-refractivity contribution in [2.75, 3.05) is 18.4 Å². The number of ether oxygens (including phenoxy) is 1. The third kappa shape index (κ3) is 4.65. The van der Waals surface area contributed by atoms with Gasteiger partial charge in [0.25, 0.3) is 0 Å². The van der Waals surface area contributed by atoms with Crippen LogP contribution in [0.5, 0.6) is 5.75 Å². The lowest BCUT2D eigenvalue weighted by molar-refractivity contribution is 0.243. The molecule has 0 saturated carbocycles. The van der Waals surface area contributed by atoms with E-state index in [0.717, 1.165) is 30.9 Å². The summed E-state index contributed by atoms with van der Waals surface area (Å²) in [5.41, 5.74) is 6.74. The summed E-state index contributed by atoms with van der Waals surface area (Å²) in [5.74, 6) is 1.43. The highest BCUT2D eigenvalue weighted by molar-refractivity contribution is 5.56. The van der Waals surface area contributed by atoms with Crippen LogP contribution in [0.4, 0.5) is 5.69 Å². The molecular weight excluding hydrogens is 212 g/mol. The van der Waals surface area contributed by atoms with E-state index in [9.17, 15) is 0 Å². The highest BCUT2D eigenvalue weighted by Gasteiger charge is 2.07. The van der Waals surface area contributed by atoms with Gasteiger partial charge < -0.3 is 15.8 Å². The first kappa shape index (κ1) is 13.8. The molecule has 1 aromatic carbocycles. The highest BCUT2D eigenvalue weighted by atomic mass is 16.5. The molecular formula is C14H24N2O. The third-order valence-corrected chi connectivity index (χ3v) is 2.74. The Kier molecular flexibility index (Phi) is 5.84. The molecule has 0 aliphatic rings. The lowest BCUT2D eigenvalue weighted by Crippen LogP contribution is -2.22. The third-order valence-electron chi connectivity index (χ3n) is 2.74. The number of hydrogen-bond acceptors (Lipinski definition) is 3. The van der Waals surface area contributed by atoms with E-state index in [0.29, 0.717) is 5.92 Å². The molecule has 0 spiro atoms. The van der Waals surface area contributed by atoms with Crippen molar-refractivity contribution in [3.05, 3.63) is 24.3 Å². The van der Waals surface area contributed by atoms with Gasteiger partial charge in [-0.3, -0.25) is 0 Å². The lowest BCUT2D eigenvalue weighted by atomic mass is 10.1. The van der Waals surface area contributed by atoms with E-state index in [2.05, 4.69) is 12.2 Å². The van der Waals surface area contributed by atoms with Crippen molar-refractivity contribution in [3.63, 3.8) is 0 Å². The summed E-state index contributed by atoms with van der Waals surface area (Å²) in [6.07, 6.45) is 1.28. The van der Waals surface area contributed by atoms with Crippen LogP contribution in [0, 0.1) is 5.92 Å². The number of nitrogens with two attached hydrogens (primary N) is 1. The van der Waals surface area contributed by atoms with E-state index in [-0.39, 0.29) is 6.10 Å². The van der Waals surface area contributed by atoms with Crippen LogP contribution in [0.15, 0.2) is 24.3 Å². The molecule has 96 valence electrons. The first-order chi connectivity index (χ1) is 8.17. The Hall–Kier alpha value is -1.22. The minimum atomic E-state index is 0.189. The van der Waals surface area contributed by atoms with Gasteiger partial charge in [-0.25, -0.2) is 0 Å². The van der Waals surface area contributed by atoms with Crippen LogP contribution in [0.2, 0.25) is 0 Å². The second-order valence-corrected chi connectivity index (χ2v) is 4.55. The molecule has 1 atom stereocenters. The number of rotatable bonds is 7. The summed E-state index contributed by atoms with van der Waals surface area (Å²) in [4.78, 5) is 0. The molecule has 0 saturated heterocycles. The van der Waals surface area contributed by atoms with Crippen molar-refractivity contribution in [2.45, 2.75) is 33.3 Å². The number of hydrogen-bond donors (Lipinski definition) is 2. The summed E-state index contributed by atoms with van der Waals surface area (Å²) < 4.78 is 5.75. The Labute approximate surface area is 104 Å². The summed E-state index contributed by atoms with van der Waals surface area (Å²) in [6.45, 7) is 7.84. The zero-order valence-corrected chi connectivity index (χ0v) is 11.1. The van der Waals surface area contributed by atoms with Crippen LogP contribution < -0.4 is 15.8 Å². The molecule has 0 radical (unpaired) electrons. The molecule has 0 aliphatic heterocycles. The Balaban J connectivity index is 2.63. The Morgan fingerprint density at radius 2 is 2.00 bits per heavy atom. The Bertz CT molecular complexity index is 322. The van der Waals surface area contributed by atoms with Crippen LogP contribution in [0.3, 0.4) is 0 Å². The maximum atomic E-state index is 5.75. The van der Waals surface area contributed by atoms with E-state index < -0.39 is 0 Å². The van der Waals surface area contributed by atoms with Gasteiger partial charge in [0.1, 0.15) is 5.75 Å².